The van der Waals surface area contributed by atoms with Gasteiger partial charge in [-0.1, -0.05) is 48.0 Å². The Kier molecular flexibility index (Phi) is 5.56. The van der Waals surface area contributed by atoms with E-state index in [1.165, 1.54) is 18.2 Å². The Morgan fingerprint density at radius 3 is 2.23 bits per heavy atom. The number of halogens is 1. The largest absolute Gasteiger partial charge is 0.286 e. The lowest BCUT2D eigenvalue weighted by Gasteiger charge is -2.08. The van der Waals surface area contributed by atoms with E-state index in [4.69, 9.17) is 0 Å². The second kappa shape index (κ2) is 8.17. The first-order valence-corrected chi connectivity index (χ1v) is 12.1. The van der Waals surface area contributed by atoms with Crippen LogP contribution in [-0.2, 0) is 9.84 Å². The molecule has 0 unspecified atom stereocenters. The molecule has 0 N–H and O–H groups in total. The van der Waals surface area contributed by atoms with Gasteiger partial charge in [-0.25, -0.2) is 17.8 Å². The third-order valence-electron chi connectivity index (χ3n) is 4.78. The van der Waals surface area contributed by atoms with Gasteiger partial charge in [-0.3, -0.25) is 4.79 Å². The van der Waals surface area contributed by atoms with E-state index in [1.807, 2.05) is 19.1 Å². The highest BCUT2D eigenvalue weighted by Crippen LogP contribution is 2.40. The van der Waals surface area contributed by atoms with Crippen molar-refractivity contribution in [1.29, 1.82) is 0 Å². The van der Waals surface area contributed by atoms with Crippen molar-refractivity contribution in [1.82, 2.24) is 4.98 Å². The number of benzene rings is 3. The van der Waals surface area contributed by atoms with Gasteiger partial charge in [0.05, 0.1) is 15.5 Å². The number of hydrogen-bond donors (Lipinski definition) is 0. The molecule has 4 rings (SSSR count). The van der Waals surface area contributed by atoms with Crippen LogP contribution in [0.5, 0.6) is 0 Å². The Balaban J connectivity index is 1.93. The van der Waals surface area contributed by atoms with Gasteiger partial charge in [-0.15, -0.1) is 11.3 Å². The molecule has 156 valence electrons. The number of nitrogens with zero attached hydrogens (tertiary/aromatic N) is 1. The first-order chi connectivity index (χ1) is 14.7. The zero-order valence-electron chi connectivity index (χ0n) is 16.8. The van der Waals surface area contributed by atoms with E-state index in [1.54, 1.807) is 42.5 Å². The van der Waals surface area contributed by atoms with E-state index < -0.39 is 15.7 Å². The summed E-state index contributed by atoms with van der Waals surface area (Å²) in [6, 6.07) is 19.5. The van der Waals surface area contributed by atoms with Crippen molar-refractivity contribution in [3.8, 4) is 21.7 Å². The van der Waals surface area contributed by atoms with Gasteiger partial charge >= 0.3 is 0 Å². The van der Waals surface area contributed by atoms with Crippen LogP contribution in [0.2, 0.25) is 0 Å². The number of carbonyl (C=O) groups is 1. The molecular formula is C24H18FNO3S2. The maximum absolute atomic E-state index is 13.5. The minimum absolute atomic E-state index is 0.149. The zero-order valence-corrected chi connectivity index (χ0v) is 18.4. The van der Waals surface area contributed by atoms with Gasteiger partial charge < -0.3 is 0 Å². The van der Waals surface area contributed by atoms with Gasteiger partial charge in [0.25, 0.3) is 0 Å². The molecule has 0 radical (unpaired) electrons. The number of ketones is 1. The molecule has 0 spiro atoms. The van der Waals surface area contributed by atoms with Crippen LogP contribution in [0.25, 0.3) is 21.7 Å². The normalized spacial score (nSPS) is 11.5. The predicted molar refractivity (Wildman–Crippen MR) is 121 cm³/mol. The van der Waals surface area contributed by atoms with E-state index in [2.05, 4.69) is 4.98 Å². The van der Waals surface area contributed by atoms with Crippen molar-refractivity contribution >= 4 is 27.0 Å². The van der Waals surface area contributed by atoms with Crippen LogP contribution in [0.1, 0.15) is 20.9 Å². The molecule has 0 fully saturated rings. The molecule has 0 bridgehead atoms. The molecule has 31 heavy (non-hydrogen) atoms. The van der Waals surface area contributed by atoms with Crippen LogP contribution in [0, 0.1) is 12.7 Å². The van der Waals surface area contributed by atoms with Gasteiger partial charge in [0, 0.05) is 22.9 Å². The van der Waals surface area contributed by atoms with Gasteiger partial charge in [0.1, 0.15) is 5.82 Å². The van der Waals surface area contributed by atoms with Gasteiger partial charge in [0.15, 0.2) is 14.8 Å². The summed E-state index contributed by atoms with van der Waals surface area (Å²) >= 11 is 1.13. The van der Waals surface area contributed by atoms with Crippen molar-refractivity contribution < 1.29 is 17.6 Å². The lowest BCUT2D eigenvalue weighted by Crippen LogP contribution is -2.00. The SMILES string of the molecule is Cc1ccc(C(=O)c2nc(-c3ccc(F)cc3)c(-c3ccccc3S(C)(=O)=O)s2)cc1. The van der Waals surface area contributed by atoms with Gasteiger partial charge in [-0.2, -0.15) is 0 Å². The average molecular weight is 452 g/mol. The first-order valence-electron chi connectivity index (χ1n) is 9.41. The Morgan fingerprint density at radius 1 is 0.935 bits per heavy atom. The third kappa shape index (κ3) is 4.33. The highest BCUT2D eigenvalue weighted by atomic mass is 32.2. The quantitative estimate of drug-likeness (QED) is 0.373. The van der Waals surface area contributed by atoms with E-state index in [-0.39, 0.29) is 15.7 Å². The average Bonchev–Trinajstić information content (AvgIpc) is 3.19. The summed E-state index contributed by atoms with van der Waals surface area (Å²) in [5, 5.41) is 0.237. The second-order valence-corrected chi connectivity index (χ2v) is 10.2. The number of aryl methyl sites for hydroxylation is 1. The highest BCUT2D eigenvalue weighted by molar-refractivity contribution is 7.90. The second-order valence-electron chi connectivity index (χ2n) is 7.17. The van der Waals surface area contributed by atoms with Crippen LogP contribution in [0.15, 0.2) is 77.7 Å². The number of rotatable bonds is 5. The maximum Gasteiger partial charge on any atom is 0.221 e. The standard InChI is InChI=1S/C24H18FNO3S2/c1-15-7-9-17(10-8-15)22(27)24-26-21(16-11-13-18(25)14-12-16)23(30-24)19-5-3-4-6-20(19)31(2,28)29/h3-14H,1-2H3. The summed E-state index contributed by atoms with van der Waals surface area (Å²) < 4.78 is 38.2. The van der Waals surface area contributed by atoms with Gasteiger partial charge in [0.2, 0.25) is 5.78 Å². The molecule has 1 heterocycles. The van der Waals surface area contributed by atoms with E-state index in [0.29, 0.717) is 27.3 Å². The topological polar surface area (TPSA) is 64.1 Å². The fourth-order valence-electron chi connectivity index (χ4n) is 3.21. The van der Waals surface area contributed by atoms with E-state index in [9.17, 15) is 17.6 Å². The lowest BCUT2D eigenvalue weighted by atomic mass is 10.1. The fourth-order valence-corrected chi connectivity index (χ4v) is 5.26. The summed E-state index contributed by atoms with van der Waals surface area (Å²) in [7, 11) is -3.52. The minimum atomic E-state index is -3.52. The molecule has 7 heteroatoms. The summed E-state index contributed by atoms with van der Waals surface area (Å²) in [4.78, 5) is 18.3. The summed E-state index contributed by atoms with van der Waals surface area (Å²) in [6.45, 7) is 1.94. The van der Waals surface area contributed by atoms with Crippen LogP contribution in [0.3, 0.4) is 0 Å². The molecule has 4 nitrogen and oxygen atoms in total. The fraction of sp³-hybridized carbons (Fsp3) is 0.0833. The summed E-state index contributed by atoms with van der Waals surface area (Å²) in [5.74, 6) is -0.649. The summed E-state index contributed by atoms with van der Waals surface area (Å²) in [5.41, 5.74) is 3.03. The van der Waals surface area contributed by atoms with Crippen molar-refractivity contribution in [2.75, 3.05) is 6.26 Å². The molecule has 0 atom stereocenters. The molecule has 0 aliphatic heterocycles. The maximum atomic E-state index is 13.5. The first kappa shape index (κ1) is 21.1. The molecule has 0 aliphatic carbocycles. The van der Waals surface area contributed by atoms with Crippen LogP contribution >= 0.6 is 11.3 Å². The summed E-state index contributed by atoms with van der Waals surface area (Å²) in [6.07, 6.45) is 1.14. The number of sulfone groups is 1. The van der Waals surface area contributed by atoms with Crippen LogP contribution < -0.4 is 0 Å². The minimum Gasteiger partial charge on any atom is -0.286 e. The molecule has 0 saturated carbocycles. The van der Waals surface area contributed by atoms with E-state index >= 15 is 0 Å². The zero-order chi connectivity index (χ0) is 22.2. The Morgan fingerprint density at radius 2 is 1.58 bits per heavy atom. The molecule has 0 amide bonds. The smallest absolute Gasteiger partial charge is 0.221 e. The molecule has 4 aromatic rings. The van der Waals surface area contributed by atoms with Gasteiger partial charge in [-0.05, 0) is 37.3 Å². The number of hydrogen-bond acceptors (Lipinski definition) is 5. The number of aromatic nitrogens is 1. The molecule has 0 saturated heterocycles. The Bertz CT molecular complexity index is 1370. The van der Waals surface area contributed by atoms with Crippen LogP contribution in [0.4, 0.5) is 4.39 Å². The van der Waals surface area contributed by atoms with Crippen molar-refractivity contribution in [2.24, 2.45) is 0 Å². The predicted octanol–water partition coefficient (Wildman–Crippen LogP) is 5.56. The number of carbonyl (C=O) groups excluding carboxylic acids is 1. The van der Waals surface area contributed by atoms with Crippen molar-refractivity contribution in [3.05, 3.63) is 94.7 Å². The highest BCUT2D eigenvalue weighted by Gasteiger charge is 2.24. The third-order valence-corrected chi connectivity index (χ3v) is 7.03. The number of thiazole rings is 1. The van der Waals surface area contributed by atoms with Crippen LogP contribution in [-0.4, -0.2) is 25.4 Å². The lowest BCUT2D eigenvalue weighted by molar-refractivity contribution is 0.103. The van der Waals surface area contributed by atoms with Crippen molar-refractivity contribution in [3.63, 3.8) is 0 Å². The Hall–Kier alpha value is -3.16. The Labute approximate surface area is 184 Å². The molecule has 3 aromatic carbocycles. The monoisotopic (exact) mass is 451 g/mol. The van der Waals surface area contributed by atoms with E-state index in [0.717, 1.165) is 23.2 Å². The molecule has 0 aliphatic rings. The molecular weight excluding hydrogens is 433 g/mol. The van der Waals surface area contributed by atoms with Crippen molar-refractivity contribution in [2.45, 2.75) is 11.8 Å². The molecule has 1 aromatic heterocycles.